The van der Waals surface area contributed by atoms with Crippen LogP contribution in [0.3, 0.4) is 0 Å². The molecule has 9 heteroatoms. The summed E-state index contributed by atoms with van der Waals surface area (Å²) in [7, 11) is -3.92. The number of aryl methyl sites for hydroxylation is 1. The van der Waals surface area contributed by atoms with Gasteiger partial charge in [0.15, 0.2) is 0 Å². The standard InChI is InChI=1S/C22H28N4O4S/c1-2-17-10-11-18(14-19(17)31(23,29)30)25-20(27)22(12-6-7-13-22)26-21(28)24-15-16-8-4-3-5-9-16/h3-5,8-11,14H,2,6-7,12-13,15H2,1H3,(H,25,27)(H2,23,29,30)(H2,24,26,28). The lowest BCUT2D eigenvalue weighted by atomic mass is 9.96. The molecule has 1 aliphatic rings. The fraction of sp³-hybridized carbons (Fsp3) is 0.364. The van der Waals surface area contributed by atoms with Gasteiger partial charge < -0.3 is 16.0 Å². The fourth-order valence-corrected chi connectivity index (χ4v) is 4.74. The van der Waals surface area contributed by atoms with E-state index in [1.165, 1.54) is 6.07 Å². The molecule has 3 amide bonds. The molecule has 0 saturated heterocycles. The Kier molecular flexibility index (Phi) is 6.97. The number of nitrogens with two attached hydrogens (primary N) is 1. The van der Waals surface area contributed by atoms with Gasteiger partial charge in [-0.3, -0.25) is 4.79 Å². The van der Waals surface area contributed by atoms with Gasteiger partial charge in [-0.1, -0.05) is 56.2 Å². The maximum absolute atomic E-state index is 13.1. The molecule has 2 aromatic rings. The van der Waals surface area contributed by atoms with Gasteiger partial charge in [0.1, 0.15) is 5.54 Å². The number of primary sulfonamides is 1. The van der Waals surface area contributed by atoms with Crippen LogP contribution in [0.25, 0.3) is 0 Å². The minimum atomic E-state index is -3.92. The normalized spacial score (nSPS) is 15.3. The average molecular weight is 445 g/mol. The van der Waals surface area contributed by atoms with Gasteiger partial charge in [0.25, 0.3) is 0 Å². The van der Waals surface area contributed by atoms with E-state index in [0.29, 0.717) is 37.1 Å². The number of urea groups is 1. The molecule has 0 aliphatic heterocycles. The summed E-state index contributed by atoms with van der Waals surface area (Å²) < 4.78 is 23.8. The highest BCUT2D eigenvalue weighted by Gasteiger charge is 2.42. The number of hydrogen-bond acceptors (Lipinski definition) is 4. The minimum Gasteiger partial charge on any atom is -0.334 e. The Morgan fingerprint density at radius 2 is 1.74 bits per heavy atom. The van der Waals surface area contributed by atoms with Crippen LogP contribution in [0.2, 0.25) is 0 Å². The van der Waals surface area contributed by atoms with Crippen molar-refractivity contribution in [3.8, 4) is 0 Å². The van der Waals surface area contributed by atoms with Crippen LogP contribution in [0.1, 0.15) is 43.7 Å². The Labute approximate surface area is 182 Å². The highest BCUT2D eigenvalue weighted by molar-refractivity contribution is 7.89. The number of sulfonamides is 1. The number of anilines is 1. The van der Waals surface area contributed by atoms with Gasteiger partial charge in [-0.05, 0) is 42.5 Å². The van der Waals surface area contributed by atoms with Crippen LogP contribution in [0.4, 0.5) is 10.5 Å². The Morgan fingerprint density at radius 1 is 1.06 bits per heavy atom. The van der Waals surface area contributed by atoms with E-state index in [2.05, 4.69) is 16.0 Å². The molecular formula is C22H28N4O4S. The van der Waals surface area contributed by atoms with E-state index < -0.39 is 21.6 Å². The maximum Gasteiger partial charge on any atom is 0.315 e. The zero-order valence-electron chi connectivity index (χ0n) is 17.5. The van der Waals surface area contributed by atoms with Crippen molar-refractivity contribution in [2.45, 2.75) is 56.0 Å². The average Bonchev–Trinajstić information content (AvgIpc) is 3.22. The zero-order valence-corrected chi connectivity index (χ0v) is 18.3. The van der Waals surface area contributed by atoms with Gasteiger partial charge in [-0.15, -0.1) is 0 Å². The van der Waals surface area contributed by atoms with Crippen molar-refractivity contribution in [1.82, 2.24) is 10.6 Å². The highest BCUT2D eigenvalue weighted by Crippen LogP contribution is 2.31. The summed E-state index contributed by atoms with van der Waals surface area (Å²) in [5.74, 6) is -0.371. The quantitative estimate of drug-likeness (QED) is 0.523. The molecular weight excluding hydrogens is 416 g/mol. The molecule has 0 unspecified atom stereocenters. The van der Waals surface area contributed by atoms with E-state index in [9.17, 15) is 18.0 Å². The van der Waals surface area contributed by atoms with Crippen LogP contribution in [0.15, 0.2) is 53.4 Å². The molecule has 31 heavy (non-hydrogen) atoms. The van der Waals surface area contributed by atoms with Crippen molar-refractivity contribution >= 4 is 27.6 Å². The van der Waals surface area contributed by atoms with Crippen LogP contribution in [-0.4, -0.2) is 25.9 Å². The van der Waals surface area contributed by atoms with Crippen molar-refractivity contribution in [3.05, 3.63) is 59.7 Å². The third-order valence-electron chi connectivity index (χ3n) is 5.55. The van der Waals surface area contributed by atoms with Crippen LogP contribution < -0.4 is 21.1 Å². The molecule has 1 saturated carbocycles. The molecule has 8 nitrogen and oxygen atoms in total. The van der Waals surface area contributed by atoms with Crippen molar-refractivity contribution in [2.75, 3.05) is 5.32 Å². The second-order valence-electron chi connectivity index (χ2n) is 7.76. The van der Waals surface area contributed by atoms with Crippen molar-refractivity contribution in [2.24, 2.45) is 5.14 Å². The maximum atomic E-state index is 13.1. The number of amides is 3. The second-order valence-corrected chi connectivity index (χ2v) is 9.29. The van der Waals surface area contributed by atoms with E-state index >= 15 is 0 Å². The second kappa shape index (κ2) is 9.49. The summed E-state index contributed by atoms with van der Waals surface area (Å²) in [4.78, 5) is 25.6. The molecule has 1 fully saturated rings. The smallest absolute Gasteiger partial charge is 0.315 e. The van der Waals surface area contributed by atoms with Crippen LogP contribution >= 0.6 is 0 Å². The van der Waals surface area contributed by atoms with Gasteiger partial charge in [0.2, 0.25) is 15.9 Å². The third-order valence-corrected chi connectivity index (χ3v) is 6.55. The first-order chi connectivity index (χ1) is 14.7. The Hall–Kier alpha value is -2.91. The molecule has 166 valence electrons. The number of nitrogens with one attached hydrogen (secondary N) is 3. The summed E-state index contributed by atoms with van der Waals surface area (Å²) in [6.07, 6.45) is 3.12. The SMILES string of the molecule is CCc1ccc(NC(=O)C2(NC(=O)NCc3ccccc3)CCCC2)cc1S(N)(=O)=O. The van der Waals surface area contributed by atoms with Gasteiger partial charge in [0, 0.05) is 12.2 Å². The molecule has 2 aromatic carbocycles. The van der Waals surface area contributed by atoms with Crippen molar-refractivity contribution in [1.29, 1.82) is 0 Å². The molecule has 0 aromatic heterocycles. The summed E-state index contributed by atoms with van der Waals surface area (Å²) in [6, 6.07) is 13.7. The largest absolute Gasteiger partial charge is 0.334 e. The fourth-order valence-electron chi connectivity index (χ4n) is 3.87. The Bertz CT molecular complexity index is 1050. The number of hydrogen-bond donors (Lipinski definition) is 4. The van der Waals surface area contributed by atoms with E-state index in [-0.39, 0.29) is 10.8 Å². The molecule has 5 N–H and O–H groups in total. The molecule has 0 spiro atoms. The predicted molar refractivity (Wildman–Crippen MR) is 119 cm³/mol. The molecule has 3 rings (SSSR count). The van der Waals surface area contributed by atoms with Crippen LogP contribution in [0, 0.1) is 0 Å². The lowest BCUT2D eigenvalue weighted by Gasteiger charge is -2.29. The van der Waals surface area contributed by atoms with Crippen molar-refractivity contribution in [3.63, 3.8) is 0 Å². The van der Waals surface area contributed by atoms with E-state index in [4.69, 9.17) is 5.14 Å². The number of benzene rings is 2. The van der Waals surface area contributed by atoms with E-state index in [0.717, 1.165) is 18.4 Å². The van der Waals surface area contributed by atoms with Gasteiger partial charge >= 0.3 is 6.03 Å². The van der Waals surface area contributed by atoms with Crippen LogP contribution in [-0.2, 0) is 27.8 Å². The molecule has 0 atom stereocenters. The van der Waals surface area contributed by atoms with Crippen LogP contribution in [0.5, 0.6) is 0 Å². The summed E-state index contributed by atoms with van der Waals surface area (Å²) in [6.45, 7) is 2.17. The van der Waals surface area contributed by atoms with Crippen molar-refractivity contribution < 1.29 is 18.0 Å². The Morgan fingerprint density at radius 3 is 2.35 bits per heavy atom. The van der Waals surface area contributed by atoms with Gasteiger partial charge in [-0.2, -0.15) is 0 Å². The monoisotopic (exact) mass is 444 g/mol. The lowest BCUT2D eigenvalue weighted by Crippen LogP contribution is -2.57. The lowest BCUT2D eigenvalue weighted by molar-refractivity contribution is -0.121. The molecule has 0 radical (unpaired) electrons. The Balaban J connectivity index is 1.72. The number of rotatable bonds is 7. The summed E-state index contributed by atoms with van der Waals surface area (Å²) >= 11 is 0. The van der Waals surface area contributed by atoms with Gasteiger partial charge in [-0.25, -0.2) is 18.4 Å². The first-order valence-electron chi connectivity index (χ1n) is 10.3. The minimum absolute atomic E-state index is 0.0122. The molecule has 0 heterocycles. The molecule has 0 bridgehead atoms. The molecule has 1 aliphatic carbocycles. The zero-order chi connectivity index (χ0) is 22.5. The first kappa shape index (κ1) is 22.8. The first-order valence-corrected chi connectivity index (χ1v) is 11.9. The van der Waals surface area contributed by atoms with E-state index in [1.807, 2.05) is 37.3 Å². The topological polar surface area (TPSA) is 130 Å². The third kappa shape index (κ3) is 5.62. The highest BCUT2D eigenvalue weighted by atomic mass is 32.2. The number of carbonyl (C=O) groups excluding carboxylic acids is 2. The van der Waals surface area contributed by atoms with Gasteiger partial charge in [0.05, 0.1) is 4.90 Å². The predicted octanol–water partition coefficient (Wildman–Crippen LogP) is 2.65. The summed E-state index contributed by atoms with van der Waals surface area (Å²) in [5.41, 5.74) is 0.805. The van der Waals surface area contributed by atoms with E-state index in [1.54, 1.807) is 12.1 Å². The summed E-state index contributed by atoms with van der Waals surface area (Å²) in [5, 5.41) is 13.7. The number of carbonyl (C=O) groups is 2.